The van der Waals surface area contributed by atoms with Gasteiger partial charge in [0, 0.05) is 11.9 Å². The summed E-state index contributed by atoms with van der Waals surface area (Å²) in [5.74, 6) is 1.45. The lowest BCUT2D eigenvalue weighted by Crippen LogP contribution is -2.27. The molecule has 1 atom stereocenters. The Morgan fingerprint density at radius 1 is 1.35 bits per heavy atom. The Bertz CT molecular complexity index is 469. The second kappa shape index (κ2) is 4.51. The van der Waals surface area contributed by atoms with Crippen LogP contribution in [0.5, 0.6) is 0 Å². The Labute approximate surface area is 100 Å². The van der Waals surface area contributed by atoms with Crippen LogP contribution in [0.4, 0.5) is 0 Å². The van der Waals surface area contributed by atoms with Crippen molar-refractivity contribution >= 4 is 11.0 Å². The highest BCUT2D eigenvalue weighted by atomic mass is 16.3. The smallest absolute Gasteiger partial charge is 0.134 e. The van der Waals surface area contributed by atoms with Crippen molar-refractivity contribution < 1.29 is 9.52 Å². The van der Waals surface area contributed by atoms with Crippen LogP contribution in [0.3, 0.4) is 0 Å². The van der Waals surface area contributed by atoms with Crippen LogP contribution in [0, 0.1) is 5.92 Å². The zero-order chi connectivity index (χ0) is 11.7. The van der Waals surface area contributed by atoms with Gasteiger partial charge in [0.25, 0.3) is 0 Å². The summed E-state index contributed by atoms with van der Waals surface area (Å²) in [6, 6.07) is 10.0. The molecule has 0 aliphatic heterocycles. The van der Waals surface area contributed by atoms with Gasteiger partial charge in [-0.15, -0.1) is 0 Å². The van der Waals surface area contributed by atoms with E-state index in [1.807, 2.05) is 30.3 Å². The van der Waals surface area contributed by atoms with Crippen molar-refractivity contribution in [2.75, 3.05) is 6.54 Å². The van der Waals surface area contributed by atoms with Crippen molar-refractivity contribution in [2.45, 2.75) is 25.5 Å². The van der Waals surface area contributed by atoms with E-state index in [-0.39, 0.29) is 6.10 Å². The van der Waals surface area contributed by atoms with E-state index in [0.717, 1.165) is 16.7 Å². The third kappa shape index (κ3) is 2.51. The van der Waals surface area contributed by atoms with Gasteiger partial charge < -0.3 is 14.8 Å². The molecular weight excluding hydrogens is 214 g/mol. The second-order valence-electron chi connectivity index (χ2n) is 4.79. The van der Waals surface area contributed by atoms with Crippen LogP contribution in [-0.4, -0.2) is 17.8 Å². The van der Waals surface area contributed by atoms with E-state index in [2.05, 4.69) is 5.32 Å². The van der Waals surface area contributed by atoms with Crippen LogP contribution in [0.25, 0.3) is 11.0 Å². The molecule has 0 amide bonds. The zero-order valence-electron chi connectivity index (χ0n) is 9.73. The SMILES string of the molecule is OC(CNCc1cc2ccccc2o1)C1CC1. The van der Waals surface area contributed by atoms with Crippen molar-refractivity contribution in [3.05, 3.63) is 36.1 Å². The molecule has 1 unspecified atom stereocenters. The first-order chi connectivity index (χ1) is 8.33. The van der Waals surface area contributed by atoms with Crippen molar-refractivity contribution in [3.63, 3.8) is 0 Å². The molecule has 2 N–H and O–H groups in total. The molecule has 3 rings (SSSR count). The normalized spacial score (nSPS) is 17.5. The molecule has 1 aliphatic rings. The molecule has 1 fully saturated rings. The van der Waals surface area contributed by atoms with Crippen molar-refractivity contribution in [2.24, 2.45) is 5.92 Å². The molecule has 1 heterocycles. The Morgan fingerprint density at radius 3 is 2.94 bits per heavy atom. The molecule has 0 radical (unpaired) electrons. The molecule has 90 valence electrons. The fourth-order valence-electron chi connectivity index (χ4n) is 2.11. The lowest BCUT2D eigenvalue weighted by Gasteiger charge is -2.08. The predicted molar refractivity (Wildman–Crippen MR) is 66.7 cm³/mol. The maximum atomic E-state index is 9.71. The van der Waals surface area contributed by atoms with Gasteiger partial charge in [0.05, 0.1) is 12.6 Å². The van der Waals surface area contributed by atoms with Gasteiger partial charge in [-0.2, -0.15) is 0 Å². The highest BCUT2D eigenvalue weighted by Gasteiger charge is 2.29. The summed E-state index contributed by atoms with van der Waals surface area (Å²) in [6.07, 6.45) is 2.15. The van der Waals surface area contributed by atoms with Gasteiger partial charge in [-0.05, 0) is 30.9 Å². The van der Waals surface area contributed by atoms with Gasteiger partial charge >= 0.3 is 0 Å². The van der Waals surface area contributed by atoms with E-state index < -0.39 is 0 Å². The van der Waals surface area contributed by atoms with E-state index in [9.17, 15) is 5.11 Å². The predicted octanol–water partition coefficient (Wildman–Crippen LogP) is 2.29. The molecule has 1 aliphatic carbocycles. The minimum Gasteiger partial charge on any atom is -0.460 e. The van der Waals surface area contributed by atoms with Crippen LogP contribution in [0.2, 0.25) is 0 Å². The minimum atomic E-state index is -0.195. The number of hydrogen-bond acceptors (Lipinski definition) is 3. The highest BCUT2D eigenvalue weighted by molar-refractivity contribution is 5.77. The first kappa shape index (κ1) is 10.8. The molecule has 0 spiro atoms. The van der Waals surface area contributed by atoms with E-state index in [4.69, 9.17) is 4.42 Å². The van der Waals surface area contributed by atoms with Gasteiger partial charge in [0.1, 0.15) is 11.3 Å². The monoisotopic (exact) mass is 231 g/mol. The van der Waals surface area contributed by atoms with Gasteiger partial charge in [0.15, 0.2) is 0 Å². The molecule has 1 saturated carbocycles. The third-order valence-corrected chi connectivity index (χ3v) is 3.30. The number of aliphatic hydroxyl groups is 1. The fraction of sp³-hybridized carbons (Fsp3) is 0.429. The molecule has 2 aromatic rings. The zero-order valence-corrected chi connectivity index (χ0v) is 9.73. The van der Waals surface area contributed by atoms with Crippen LogP contribution >= 0.6 is 0 Å². The number of para-hydroxylation sites is 1. The first-order valence-electron chi connectivity index (χ1n) is 6.19. The van der Waals surface area contributed by atoms with Crippen molar-refractivity contribution in [3.8, 4) is 0 Å². The summed E-state index contributed by atoms with van der Waals surface area (Å²) in [6.45, 7) is 1.33. The standard InChI is InChI=1S/C14H17NO2/c16-13(10-5-6-10)9-15-8-12-7-11-3-1-2-4-14(11)17-12/h1-4,7,10,13,15-16H,5-6,8-9H2. The van der Waals surface area contributed by atoms with E-state index in [1.54, 1.807) is 0 Å². The van der Waals surface area contributed by atoms with Gasteiger partial charge in [0.2, 0.25) is 0 Å². The topological polar surface area (TPSA) is 45.4 Å². The fourth-order valence-corrected chi connectivity index (χ4v) is 2.11. The summed E-state index contributed by atoms with van der Waals surface area (Å²) in [5.41, 5.74) is 0.923. The number of hydrogen-bond donors (Lipinski definition) is 2. The number of nitrogens with one attached hydrogen (secondary N) is 1. The molecular formula is C14H17NO2. The van der Waals surface area contributed by atoms with Crippen LogP contribution in [0.15, 0.2) is 34.7 Å². The maximum Gasteiger partial charge on any atom is 0.134 e. The van der Waals surface area contributed by atoms with Crippen LogP contribution < -0.4 is 5.32 Å². The van der Waals surface area contributed by atoms with Crippen molar-refractivity contribution in [1.29, 1.82) is 0 Å². The number of rotatable bonds is 5. The summed E-state index contributed by atoms with van der Waals surface area (Å²) < 4.78 is 5.68. The van der Waals surface area contributed by atoms with Crippen molar-refractivity contribution in [1.82, 2.24) is 5.32 Å². The number of fused-ring (bicyclic) bond motifs is 1. The second-order valence-corrected chi connectivity index (χ2v) is 4.79. The number of furan rings is 1. The molecule has 1 aromatic heterocycles. The molecule has 3 nitrogen and oxygen atoms in total. The average molecular weight is 231 g/mol. The summed E-state index contributed by atoms with van der Waals surface area (Å²) >= 11 is 0. The van der Waals surface area contributed by atoms with Crippen LogP contribution in [0.1, 0.15) is 18.6 Å². The summed E-state index contributed by atoms with van der Waals surface area (Å²) in [4.78, 5) is 0. The average Bonchev–Trinajstić information content (AvgIpc) is 3.09. The van der Waals surface area contributed by atoms with Crippen LogP contribution in [-0.2, 0) is 6.54 Å². The number of benzene rings is 1. The first-order valence-corrected chi connectivity index (χ1v) is 6.19. The minimum absolute atomic E-state index is 0.195. The largest absolute Gasteiger partial charge is 0.460 e. The molecule has 0 bridgehead atoms. The van der Waals surface area contributed by atoms with E-state index in [1.165, 1.54) is 12.8 Å². The molecule has 0 saturated heterocycles. The molecule has 1 aromatic carbocycles. The highest BCUT2D eigenvalue weighted by Crippen LogP contribution is 2.32. The summed E-state index contributed by atoms with van der Waals surface area (Å²) in [7, 11) is 0. The quantitative estimate of drug-likeness (QED) is 0.830. The van der Waals surface area contributed by atoms with E-state index in [0.29, 0.717) is 19.0 Å². The van der Waals surface area contributed by atoms with Gasteiger partial charge in [-0.25, -0.2) is 0 Å². The molecule has 3 heteroatoms. The van der Waals surface area contributed by atoms with Gasteiger partial charge in [-0.3, -0.25) is 0 Å². The Kier molecular flexibility index (Phi) is 2.87. The summed E-state index contributed by atoms with van der Waals surface area (Å²) in [5, 5.41) is 14.1. The number of aliphatic hydroxyl groups excluding tert-OH is 1. The lowest BCUT2D eigenvalue weighted by atomic mass is 10.2. The Morgan fingerprint density at radius 2 is 2.18 bits per heavy atom. The van der Waals surface area contributed by atoms with Gasteiger partial charge in [-0.1, -0.05) is 18.2 Å². The maximum absolute atomic E-state index is 9.71. The Hall–Kier alpha value is -1.32. The Balaban J connectivity index is 1.57. The lowest BCUT2D eigenvalue weighted by molar-refractivity contribution is 0.148. The molecule has 17 heavy (non-hydrogen) atoms. The third-order valence-electron chi connectivity index (χ3n) is 3.30. The van der Waals surface area contributed by atoms with E-state index >= 15 is 0 Å².